The molecule has 2 heteroatoms. The van der Waals surface area contributed by atoms with Crippen LogP contribution in [0.2, 0.25) is 0 Å². The maximum Gasteiger partial charge on any atom is 0.0173 e. The van der Waals surface area contributed by atoms with Crippen LogP contribution < -0.4 is 5.32 Å². The quantitative estimate of drug-likeness (QED) is 0.736. The fourth-order valence-corrected chi connectivity index (χ4v) is 1.98. The van der Waals surface area contributed by atoms with Crippen LogP contribution in [0.25, 0.3) is 0 Å². The third-order valence-corrected chi connectivity index (χ3v) is 3.12. The third-order valence-electron chi connectivity index (χ3n) is 2.75. The summed E-state index contributed by atoms with van der Waals surface area (Å²) < 4.78 is 0. The standard InChI is InChI=1S/C11H20ClN/c1-10(7-12)8-13-9-11-5-3-2-4-6-11/h7,11,13H,2-6,8-9H2,1H3. The van der Waals surface area contributed by atoms with E-state index in [-0.39, 0.29) is 0 Å². The normalized spacial score (nSPS) is 20.6. The van der Waals surface area contributed by atoms with Gasteiger partial charge < -0.3 is 5.32 Å². The van der Waals surface area contributed by atoms with Gasteiger partial charge in [-0.05, 0) is 37.8 Å². The van der Waals surface area contributed by atoms with Crippen molar-refractivity contribution >= 4 is 11.6 Å². The highest BCUT2D eigenvalue weighted by atomic mass is 35.5. The molecule has 0 heterocycles. The zero-order chi connectivity index (χ0) is 9.52. The highest BCUT2D eigenvalue weighted by Gasteiger charge is 2.12. The van der Waals surface area contributed by atoms with E-state index in [9.17, 15) is 0 Å². The van der Waals surface area contributed by atoms with Gasteiger partial charge in [0.05, 0.1) is 0 Å². The minimum atomic E-state index is 0.914. The van der Waals surface area contributed by atoms with Crippen molar-refractivity contribution in [3.8, 4) is 0 Å². The maximum atomic E-state index is 5.57. The molecule has 1 nitrogen and oxygen atoms in total. The highest BCUT2D eigenvalue weighted by Crippen LogP contribution is 2.22. The molecule has 0 aromatic rings. The summed E-state index contributed by atoms with van der Waals surface area (Å²) in [4.78, 5) is 0. The lowest BCUT2D eigenvalue weighted by Gasteiger charge is -2.21. The van der Waals surface area contributed by atoms with Crippen molar-refractivity contribution < 1.29 is 0 Å². The first-order valence-corrected chi connectivity index (χ1v) is 5.73. The average Bonchev–Trinajstić information content (AvgIpc) is 2.19. The molecule has 0 aliphatic heterocycles. The van der Waals surface area contributed by atoms with Crippen LogP contribution in [0.3, 0.4) is 0 Å². The molecule has 0 aromatic heterocycles. The second kappa shape index (κ2) is 6.44. The lowest BCUT2D eigenvalue weighted by molar-refractivity contribution is 0.346. The first-order chi connectivity index (χ1) is 6.33. The van der Waals surface area contributed by atoms with Gasteiger partial charge in [-0.2, -0.15) is 0 Å². The molecule has 1 aliphatic rings. The topological polar surface area (TPSA) is 12.0 Å². The van der Waals surface area contributed by atoms with E-state index < -0.39 is 0 Å². The predicted molar refractivity (Wildman–Crippen MR) is 59.1 cm³/mol. The molecule has 1 N–H and O–H groups in total. The Kier molecular flexibility index (Phi) is 5.49. The second-order valence-electron chi connectivity index (χ2n) is 4.09. The Bertz CT molecular complexity index is 159. The molecule has 76 valence electrons. The Balaban J connectivity index is 2.04. The van der Waals surface area contributed by atoms with Crippen molar-refractivity contribution in [1.29, 1.82) is 0 Å². The monoisotopic (exact) mass is 201 g/mol. The van der Waals surface area contributed by atoms with Crippen molar-refractivity contribution in [2.75, 3.05) is 13.1 Å². The zero-order valence-electron chi connectivity index (χ0n) is 8.48. The summed E-state index contributed by atoms with van der Waals surface area (Å²) in [6.07, 6.45) is 7.12. The number of rotatable bonds is 4. The number of hydrogen-bond acceptors (Lipinski definition) is 1. The number of nitrogens with one attached hydrogen (secondary N) is 1. The van der Waals surface area contributed by atoms with Crippen LogP contribution in [0.15, 0.2) is 11.1 Å². The maximum absolute atomic E-state index is 5.57. The summed E-state index contributed by atoms with van der Waals surface area (Å²) >= 11 is 5.57. The minimum Gasteiger partial charge on any atom is -0.313 e. The molecule has 1 saturated carbocycles. The van der Waals surface area contributed by atoms with Crippen molar-refractivity contribution in [2.45, 2.75) is 39.0 Å². The van der Waals surface area contributed by atoms with Gasteiger partial charge in [0.25, 0.3) is 0 Å². The molecule has 0 bridgehead atoms. The summed E-state index contributed by atoms with van der Waals surface area (Å²) in [6, 6.07) is 0. The number of halogens is 1. The van der Waals surface area contributed by atoms with Crippen LogP contribution in [0.4, 0.5) is 0 Å². The Morgan fingerprint density at radius 2 is 2.08 bits per heavy atom. The van der Waals surface area contributed by atoms with Crippen molar-refractivity contribution in [1.82, 2.24) is 5.32 Å². The summed E-state index contributed by atoms with van der Waals surface area (Å²) in [7, 11) is 0. The lowest BCUT2D eigenvalue weighted by atomic mass is 9.89. The van der Waals surface area contributed by atoms with Crippen molar-refractivity contribution in [3.05, 3.63) is 11.1 Å². The Hall–Kier alpha value is -0.0100. The van der Waals surface area contributed by atoms with E-state index in [1.807, 2.05) is 0 Å². The fourth-order valence-electron chi connectivity index (χ4n) is 1.90. The van der Waals surface area contributed by atoms with Crippen LogP contribution in [-0.4, -0.2) is 13.1 Å². The molecule has 0 radical (unpaired) electrons. The van der Waals surface area contributed by atoms with Crippen LogP contribution in [0.1, 0.15) is 39.0 Å². The number of hydrogen-bond donors (Lipinski definition) is 1. The van der Waals surface area contributed by atoms with Crippen molar-refractivity contribution in [2.24, 2.45) is 5.92 Å². The average molecular weight is 202 g/mol. The van der Waals surface area contributed by atoms with Gasteiger partial charge in [-0.25, -0.2) is 0 Å². The van der Waals surface area contributed by atoms with Gasteiger partial charge in [0.1, 0.15) is 0 Å². The van der Waals surface area contributed by atoms with Gasteiger partial charge in [-0.1, -0.05) is 30.9 Å². The zero-order valence-corrected chi connectivity index (χ0v) is 9.24. The molecule has 1 aliphatic carbocycles. The van der Waals surface area contributed by atoms with Gasteiger partial charge in [-0.3, -0.25) is 0 Å². The van der Waals surface area contributed by atoms with Gasteiger partial charge in [-0.15, -0.1) is 0 Å². The second-order valence-corrected chi connectivity index (χ2v) is 4.31. The summed E-state index contributed by atoms with van der Waals surface area (Å²) in [5.41, 5.74) is 2.88. The Morgan fingerprint density at radius 1 is 1.38 bits per heavy atom. The molecule has 0 saturated heterocycles. The molecular weight excluding hydrogens is 182 g/mol. The van der Waals surface area contributed by atoms with E-state index in [2.05, 4.69) is 12.2 Å². The first kappa shape index (κ1) is 11.1. The third kappa shape index (κ3) is 4.68. The van der Waals surface area contributed by atoms with Crippen LogP contribution in [-0.2, 0) is 0 Å². The molecule has 13 heavy (non-hydrogen) atoms. The molecule has 0 amide bonds. The van der Waals surface area contributed by atoms with Gasteiger partial charge in [0, 0.05) is 12.1 Å². The van der Waals surface area contributed by atoms with Crippen LogP contribution >= 0.6 is 11.6 Å². The molecule has 0 spiro atoms. The Labute approximate surface area is 86.5 Å². The Morgan fingerprint density at radius 3 is 2.69 bits per heavy atom. The smallest absolute Gasteiger partial charge is 0.0173 e. The van der Waals surface area contributed by atoms with E-state index in [0.717, 1.165) is 12.5 Å². The van der Waals surface area contributed by atoms with E-state index in [1.165, 1.54) is 44.2 Å². The fraction of sp³-hybridized carbons (Fsp3) is 0.818. The summed E-state index contributed by atoms with van der Waals surface area (Å²) in [5.74, 6) is 0.914. The predicted octanol–water partition coefficient (Wildman–Crippen LogP) is 3.30. The largest absolute Gasteiger partial charge is 0.313 e. The molecular formula is C11H20ClN. The van der Waals surface area contributed by atoms with Crippen LogP contribution in [0.5, 0.6) is 0 Å². The van der Waals surface area contributed by atoms with E-state index in [0.29, 0.717) is 0 Å². The van der Waals surface area contributed by atoms with Crippen molar-refractivity contribution in [3.63, 3.8) is 0 Å². The van der Waals surface area contributed by atoms with Crippen LogP contribution in [0, 0.1) is 5.92 Å². The van der Waals surface area contributed by atoms with E-state index in [1.54, 1.807) is 5.54 Å². The molecule has 1 fully saturated rings. The molecule has 0 unspecified atom stereocenters. The molecule has 1 rings (SSSR count). The van der Waals surface area contributed by atoms with Gasteiger partial charge in [0.2, 0.25) is 0 Å². The SMILES string of the molecule is CC(=CCl)CNCC1CCCCC1. The van der Waals surface area contributed by atoms with E-state index >= 15 is 0 Å². The van der Waals surface area contributed by atoms with Gasteiger partial charge in [0.15, 0.2) is 0 Å². The van der Waals surface area contributed by atoms with Gasteiger partial charge >= 0.3 is 0 Å². The summed E-state index contributed by atoms with van der Waals surface area (Å²) in [5, 5.41) is 3.45. The van der Waals surface area contributed by atoms with E-state index in [4.69, 9.17) is 11.6 Å². The first-order valence-electron chi connectivity index (χ1n) is 5.29. The minimum absolute atomic E-state index is 0.914. The molecule has 0 atom stereocenters. The lowest BCUT2D eigenvalue weighted by Crippen LogP contribution is -2.25. The summed E-state index contributed by atoms with van der Waals surface area (Å²) in [6.45, 7) is 4.17. The highest BCUT2D eigenvalue weighted by molar-refractivity contribution is 6.25. The molecule has 0 aromatic carbocycles.